The van der Waals surface area contributed by atoms with Crippen molar-refractivity contribution in [1.82, 2.24) is 0 Å². The van der Waals surface area contributed by atoms with Gasteiger partial charge in [0.2, 0.25) is 0 Å². The van der Waals surface area contributed by atoms with Crippen molar-refractivity contribution >= 4 is 28.0 Å². The number of aryl methyl sites for hydroxylation is 1. The summed E-state index contributed by atoms with van der Waals surface area (Å²) in [5.41, 5.74) is 3.23. The average Bonchev–Trinajstić information content (AvgIpc) is 2.58. The van der Waals surface area contributed by atoms with Gasteiger partial charge in [0.05, 0.1) is 4.47 Å². The van der Waals surface area contributed by atoms with E-state index in [0.29, 0.717) is 6.61 Å². The quantitative estimate of drug-likeness (QED) is 0.378. The summed E-state index contributed by atoms with van der Waals surface area (Å²) in [7, 11) is 0. The highest BCUT2D eigenvalue weighted by Crippen LogP contribution is 2.27. The van der Waals surface area contributed by atoms with Crippen LogP contribution < -0.4 is 4.74 Å². The Morgan fingerprint density at radius 3 is 2.75 bits per heavy atom. The van der Waals surface area contributed by atoms with Crippen LogP contribution in [0.4, 0.5) is 0 Å². The van der Waals surface area contributed by atoms with Gasteiger partial charge in [0.1, 0.15) is 19.0 Å². The molecule has 2 rings (SSSR count). The molecule has 0 amide bonds. The summed E-state index contributed by atoms with van der Waals surface area (Å²) in [6.07, 6.45) is 4.61. The minimum atomic E-state index is -0.397. The third-order valence-electron chi connectivity index (χ3n) is 3.36. The Bertz CT molecular complexity index is 750. The Balaban J connectivity index is 1.99. The van der Waals surface area contributed by atoms with Crippen molar-refractivity contribution in [2.45, 2.75) is 13.5 Å². The van der Waals surface area contributed by atoms with Gasteiger partial charge in [-0.2, -0.15) is 0 Å². The van der Waals surface area contributed by atoms with Crippen LogP contribution in [0.5, 0.6) is 5.75 Å². The van der Waals surface area contributed by atoms with Crippen LogP contribution in [0.3, 0.4) is 0 Å². The molecule has 0 bridgehead atoms. The van der Waals surface area contributed by atoms with Gasteiger partial charge in [-0.05, 0) is 57.8 Å². The van der Waals surface area contributed by atoms with Crippen molar-refractivity contribution in [3.8, 4) is 5.75 Å². The fourth-order valence-electron chi connectivity index (χ4n) is 2.02. The summed E-state index contributed by atoms with van der Waals surface area (Å²) in [5.74, 6) is 0.357. The van der Waals surface area contributed by atoms with Crippen molar-refractivity contribution < 1.29 is 14.3 Å². The SMILES string of the molecule is C=CCOC(=O)/C=C/c1ccc(OCc2ccccc2C)c(Br)c1. The molecule has 24 heavy (non-hydrogen) atoms. The first-order valence-electron chi connectivity index (χ1n) is 7.52. The minimum absolute atomic E-state index is 0.207. The van der Waals surface area contributed by atoms with Gasteiger partial charge in [0, 0.05) is 6.08 Å². The lowest BCUT2D eigenvalue weighted by Gasteiger charge is -2.10. The van der Waals surface area contributed by atoms with E-state index in [2.05, 4.69) is 41.6 Å². The molecule has 0 saturated carbocycles. The molecule has 0 aromatic heterocycles. The predicted molar refractivity (Wildman–Crippen MR) is 99.8 cm³/mol. The molecule has 0 fully saturated rings. The summed E-state index contributed by atoms with van der Waals surface area (Å²) in [5, 5.41) is 0. The maximum Gasteiger partial charge on any atom is 0.331 e. The third-order valence-corrected chi connectivity index (χ3v) is 3.98. The van der Waals surface area contributed by atoms with Gasteiger partial charge in [-0.25, -0.2) is 4.79 Å². The zero-order valence-electron chi connectivity index (χ0n) is 13.5. The Labute approximate surface area is 150 Å². The molecular weight excluding hydrogens is 368 g/mol. The molecule has 3 nitrogen and oxygen atoms in total. The first-order chi connectivity index (χ1) is 11.6. The molecule has 0 radical (unpaired) electrons. The third kappa shape index (κ3) is 5.39. The number of esters is 1. The lowest BCUT2D eigenvalue weighted by atomic mass is 10.1. The number of carbonyl (C=O) groups is 1. The van der Waals surface area contributed by atoms with Crippen LogP contribution in [0.2, 0.25) is 0 Å². The van der Waals surface area contributed by atoms with Crippen molar-refractivity contribution in [3.05, 3.63) is 82.4 Å². The highest BCUT2D eigenvalue weighted by Gasteiger charge is 2.04. The zero-order valence-corrected chi connectivity index (χ0v) is 15.1. The normalized spacial score (nSPS) is 10.6. The number of carbonyl (C=O) groups excluding carboxylic acids is 1. The van der Waals surface area contributed by atoms with E-state index in [-0.39, 0.29) is 6.61 Å². The smallest absolute Gasteiger partial charge is 0.331 e. The topological polar surface area (TPSA) is 35.5 Å². The van der Waals surface area contributed by atoms with Crippen molar-refractivity contribution in [2.75, 3.05) is 6.61 Å². The molecule has 0 atom stereocenters. The molecule has 4 heteroatoms. The van der Waals surface area contributed by atoms with Gasteiger partial charge < -0.3 is 9.47 Å². The fraction of sp³-hybridized carbons (Fsp3) is 0.150. The molecule has 0 spiro atoms. The molecule has 124 valence electrons. The van der Waals surface area contributed by atoms with Crippen LogP contribution in [-0.4, -0.2) is 12.6 Å². The lowest BCUT2D eigenvalue weighted by Crippen LogP contribution is -1.99. The minimum Gasteiger partial charge on any atom is -0.488 e. The summed E-state index contributed by atoms with van der Waals surface area (Å²) in [4.78, 5) is 11.4. The van der Waals surface area contributed by atoms with E-state index in [0.717, 1.165) is 21.3 Å². The number of ether oxygens (including phenoxy) is 2. The predicted octanol–water partition coefficient (Wildman–Crippen LogP) is 5.08. The standard InChI is InChI=1S/C20H19BrO3/c1-3-12-23-20(22)11-9-16-8-10-19(18(21)13-16)24-14-17-7-5-4-6-15(17)2/h3-11,13H,1,12,14H2,2H3/b11-9+. The first-order valence-corrected chi connectivity index (χ1v) is 8.32. The monoisotopic (exact) mass is 386 g/mol. The summed E-state index contributed by atoms with van der Waals surface area (Å²) >= 11 is 3.50. The van der Waals surface area contributed by atoms with Crippen molar-refractivity contribution in [1.29, 1.82) is 0 Å². The summed E-state index contributed by atoms with van der Waals surface area (Å²) < 4.78 is 11.6. The van der Waals surface area contributed by atoms with Crippen LogP contribution in [0.1, 0.15) is 16.7 Å². The van der Waals surface area contributed by atoms with E-state index in [9.17, 15) is 4.79 Å². The van der Waals surface area contributed by atoms with Crippen LogP contribution in [0, 0.1) is 6.92 Å². The van der Waals surface area contributed by atoms with Crippen molar-refractivity contribution in [3.63, 3.8) is 0 Å². The van der Waals surface area contributed by atoms with Gasteiger partial charge in [0.25, 0.3) is 0 Å². The van der Waals surface area contributed by atoms with Crippen molar-refractivity contribution in [2.24, 2.45) is 0 Å². The van der Waals surface area contributed by atoms with E-state index in [1.807, 2.05) is 30.3 Å². The Morgan fingerprint density at radius 1 is 1.25 bits per heavy atom. The number of benzene rings is 2. The Hall–Kier alpha value is -2.33. The van der Waals surface area contributed by atoms with Gasteiger partial charge in [-0.1, -0.05) is 43.0 Å². The van der Waals surface area contributed by atoms with E-state index < -0.39 is 5.97 Å². The molecular formula is C20H19BrO3. The summed E-state index contributed by atoms with van der Waals surface area (Å²) in [6.45, 7) is 6.27. The van der Waals surface area contributed by atoms with Gasteiger partial charge in [-0.3, -0.25) is 0 Å². The second kappa shape index (κ2) is 9.08. The number of hydrogen-bond donors (Lipinski definition) is 0. The van der Waals surface area contributed by atoms with Crippen LogP contribution in [0.15, 0.2) is 65.7 Å². The fourth-order valence-corrected chi connectivity index (χ4v) is 2.53. The maximum absolute atomic E-state index is 11.4. The van der Waals surface area contributed by atoms with Crippen LogP contribution in [0.25, 0.3) is 6.08 Å². The Morgan fingerprint density at radius 2 is 2.04 bits per heavy atom. The first kappa shape index (κ1) is 18.0. The molecule has 0 N–H and O–H groups in total. The Kier molecular flexibility index (Phi) is 6.82. The second-order valence-electron chi connectivity index (χ2n) is 5.16. The summed E-state index contributed by atoms with van der Waals surface area (Å²) in [6, 6.07) is 13.8. The van der Waals surface area contributed by atoms with E-state index in [1.165, 1.54) is 17.7 Å². The second-order valence-corrected chi connectivity index (χ2v) is 6.01. The average molecular weight is 387 g/mol. The molecule has 0 heterocycles. The van der Waals surface area contributed by atoms with E-state index in [4.69, 9.17) is 9.47 Å². The largest absolute Gasteiger partial charge is 0.488 e. The maximum atomic E-state index is 11.4. The molecule has 2 aromatic carbocycles. The highest BCUT2D eigenvalue weighted by molar-refractivity contribution is 9.10. The lowest BCUT2D eigenvalue weighted by molar-refractivity contribution is -0.136. The molecule has 0 aliphatic rings. The van der Waals surface area contributed by atoms with Gasteiger partial charge >= 0.3 is 5.97 Å². The number of hydrogen-bond acceptors (Lipinski definition) is 3. The van der Waals surface area contributed by atoms with Crippen LogP contribution >= 0.6 is 15.9 Å². The molecule has 0 aliphatic carbocycles. The van der Waals surface area contributed by atoms with E-state index >= 15 is 0 Å². The van der Waals surface area contributed by atoms with Gasteiger partial charge in [-0.15, -0.1) is 0 Å². The van der Waals surface area contributed by atoms with Crippen LogP contribution in [-0.2, 0) is 16.1 Å². The molecule has 2 aromatic rings. The van der Waals surface area contributed by atoms with E-state index in [1.54, 1.807) is 6.08 Å². The molecule has 0 aliphatic heterocycles. The zero-order chi connectivity index (χ0) is 17.4. The highest BCUT2D eigenvalue weighted by atomic mass is 79.9. The number of rotatable bonds is 7. The molecule has 0 unspecified atom stereocenters. The number of halogens is 1. The molecule has 0 saturated heterocycles. The van der Waals surface area contributed by atoms with Gasteiger partial charge in [0.15, 0.2) is 0 Å².